The van der Waals surface area contributed by atoms with Crippen LogP contribution >= 0.6 is 0 Å². The summed E-state index contributed by atoms with van der Waals surface area (Å²) in [5, 5.41) is 11.6. The summed E-state index contributed by atoms with van der Waals surface area (Å²) in [5.41, 5.74) is 1.77. The van der Waals surface area contributed by atoms with Gasteiger partial charge in [0.1, 0.15) is 5.52 Å². The first-order valence-electron chi connectivity index (χ1n) is 7.42. The molecule has 2 aromatic carbocycles. The zero-order valence-corrected chi connectivity index (χ0v) is 14.4. The number of benzene rings is 2. The molecule has 7 nitrogen and oxygen atoms in total. The Kier molecular flexibility index (Phi) is 4.13. The molecule has 0 aliphatic rings. The fourth-order valence-electron chi connectivity index (χ4n) is 2.50. The van der Waals surface area contributed by atoms with Gasteiger partial charge in [-0.25, -0.2) is 13.4 Å². The van der Waals surface area contributed by atoms with Gasteiger partial charge in [0.15, 0.2) is 0 Å². The molecule has 8 heteroatoms. The standard InChI is InChI=1S/C17H15N3O4S/c1-11-6-8-13(9-7-11)25(23,24)19-16-12(2)10-18-17-14(16)4-3-5-15(17)20(21)22/h3-10H,1-2H3,(H,18,19). The van der Waals surface area contributed by atoms with E-state index in [9.17, 15) is 18.5 Å². The average molecular weight is 357 g/mol. The predicted molar refractivity (Wildman–Crippen MR) is 95.1 cm³/mol. The van der Waals surface area contributed by atoms with Crippen molar-refractivity contribution in [2.75, 3.05) is 4.72 Å². The van der Waals surface area contributed by atoms with Crippen LogP contribution in [0.5, 0.6) is 0 Å². The van der Waals surface area contributed by atoms with Crippen LogP contribution in [0, 0.1) is 24.0 Å². The minimum atomic E-state index is -3.82. The predicted octanol–water partition coefficient (Wildman–Crippen LogP) is 3.56. The van der Waals surface area contributed by atoms with E-state index < -0.39 is 14.9 Å². The largest absolute Gasteiger partial charge is 0.295 e. The number of aromatic nitrogens is 1. The van der Waals surface area contributed by atoms with Gasteiger partial charge in [0.2, 0.25) is 0 Å². The quantitative estimate of drug-likeness (QED) is 0.568. The third-order valence-corrected chi connectivity index (χ3v) is 5.20. The molecule has 1 N–H and O–H groups in total. The lowest BCUT2D eigenvalue weighted by Gasteiger charge is -2.13. The number of pyridine rings is 1. The number of rotatable bonds is 4. The highest BCUT2D eigenvalue weighted by molar-refractivity contribution is 7.92. The van der Waals surface area contributed by atoms with Crippen LogP contribution in [0.3, 0.4) is 0 Å². The minimum Gasteiger partial charge on any atom is -0.279 e. The number of nitro benzene ring substituents is 1. The van der Waals surface area contributed by atoms with Crippen LogP contribution in [0.15, 0.2) is 53.6 Å². The maximum atomic E-state index is 12.7. The Balaban J connectivity index is 2.15. The third kappa shape index (κ3) is 3.16. The summed E-state index contributed by atoms with van der Waals surface area (Å²) >= 11 is 0. The summed E-state index contributed by atoms with van der Waals surface area (Å²) in [7, 11) is -3.82. The molecule has 0 amide bonds. The van der Waals surface area contributed by atoms with Gasteiger partial charge in [-0.05, 0) is 31.5 Å². The Morgan fingerprint density at radius 3 is 2.40 bits per heavy atom. The van der Waals surface area contributed by atoms with Gasteiger partial charge < -0.3 is 0 Å². The molecule has 128 valence electrons. The fourth-order valence-corrected chi connectivity index (χ4v) is 3.65. The maximum absolute atomic E-state index is 12.7. The van der Waals surface area contributed by atoms with Gasteiger partial charge in [-0.3, -0.25) is 14.8 Å². The normalized spacial score (nSPS) is 11.4. The van der Waals surface area contributed by atoms with Crippen molar-refractivity contribution in [3.05, 3.63) is 69.9 Å². The molecule has 1 aromatic heterocycles. The molecule has 0 spiro atoms. The van der Waals surface area contributed by atoms with Crippen molar-refractivity contribution >= 4 is 32.3 Å². The highest BCUT2D eigenvalue weighted by Gasteiger charge is 2.20. The van der Waals surface area contributed by atoms with Crippen LogP contribution < -0.4 is 4.72 Å². The molecule has 3 aromatic rings. The molecule has 0 aliphatic carbocycles. The van der Waals surface area contributed by atoms with Crippen LogP contribution in [0.2, 0.25) is 0 Å². The lowest BCUT2D eigenvalue weighted by Crippen LogP contribution is -2.14. The molecule has 3 rings (SSSR count). The second-order valence-electron chi connectivity index (χ2n) is 5.67. The zero-order valence-electron chi connectivity index (χ0n) is 13.6. The van der Waals surface area contributed by atoms with Crippen LogP contribution in [0.4, 0.5) is 11.4 Å². The van der Waals surface area contributed by atoms with Crippen molar-refractivity contribution in [3.63, 3.8) is 0 Å². The monoisotopic (exact) mass is 357 g/mol. The fraction of sp³-hybridized carbons (Fsp3) is 0.118. The van der Waals surface area contributed by atoms with Gasteiger partial charge in [-0.2, -0.15) is 0 Å². The molecule has 0 radical (unpaired) electrons. The van der Waals surface area contributed by atoms with E-state index in [1.807, 2.05) is 6.92 Å². The van der Waals surface area contributed by atoms with Crippen LogP contribution in [0.1, 0.15) is 11.1 Å². The minimum absolute atomic E-state index is 0.118. The SMILES string of the molecule is Cc1ccc(S(=O)(=O)Nc2c(C)cnc3c([N+](=O)[O-])cccc23)cc1. The van der Waals surface area contributed by atoms with E-state index in [0.717, 1.165) is 5.56 Å². The molecule has 0 saturated carbocycles. The van der Waals surface area contributed by atoms with E-state index in [-0.39, 0.29) is 21.8 Å². The molecule has 0 fully saturated rings. The van der Waals surface area contributed by atoms with Crippen LogP contribution in [-0.4, -0.2) is 18.3 Å². The Hall–Kier alpha value is -3.00. The summed E-state index contributed by atoms with van der Waals surface area (Å²) < 4.78 is 27.9. The summed E-state index contributed by atoms with van der Waals surface area (Å²) in [6.45, 7) is 3.56. The van der Waals surface area contributed by atoms with E-state index in [2.05, 4.69) is 9.71 Å². The van der Waals surface area contributed by atoms with Gasteiger partial charge >= 0.3 is 0 Å². The number of para-hydroxylation sites is 1. The van der Waals surface area contributed by atoms with E-state index in [1.54, 1.807) is 25.1 Å². The molecule has 0 saturated heterocycles. The number of hydrogen-bond donors (Lipinski definition) is 1. The number of fused-ring (bicyclic) bond motifs is 1. The Labute approximate surface area is 144 Å². The van der Waals surface area contributed by atoms with E-state index in [1.165, 1.54) is 30.5 Å². The van der Waals surface area contributed by atoms with Crippen LogP contribution in [-0.2, 0) is 10.0 Å². The number of hydrogen-bond acceptors (Lipinski definition) is 5. The number of non-ortho nitro benzene ring substituents is 1. The van der Waals surface area contributed by atoms with Crippen molar-refractivity contribution in [1.29, 1.82) is 0 Å². The Bertz CT molecular complexity index is 1080. The van der Waals surface area contributed by atoms with Gasteiger partial charge in [-0.15, -0.1) is 0 Å². The molecule has 25 heavy (non-hydrogen) atoms. The molecule has 0 bridgehead atoms. The van der Waals surface area contributed by atoms with E-state index >= 15 is 0 Å². The highest BCUT2D eigenvalue weighted by Crippen LogP contribution is 2.32. The third-order valence-electron chi connectivity index (χ3n) is 3.83. The lowest BCUT2D eigenvalue weighted by atomic mass is 10.1. The first-order valence-corrected chi connectivity index (χ1v) is 8.90. The van der Waals surface area contributed by atoms with Gasteiger partial charge in [-0.1, -0.05) is 29.8 Å². The Morgan fingerprint density at radius 1 is 1.08 bits per heavy atom. The van der Waals surface area contributed by atoms with Crippen LogP contribution in [0.25, 0.3) is 10.9 Å². The van der Waals surface area contributed by atoms with Crippen molar-refractivity contribution in [3.8, 4) is 0 Å². The maximum Gasteiger partial charge on any atom is 0.295 e. The summed E-state index contributed by atoms with van der Waals surface area (Å²) in [6, 6.07) is 10.9. The lowest BCUT2D eigenvalue weighted by molar-refractivity contribution is -0.383. The number of nitrogens with zero attached hydrogens (tertiary/aromatic N) is 2. The topological polar surface area (TPSA) is 102 Å². The second-order valence-corrected chi connectivity index (χ2v) is 7.35. The zero-order chi connectivity index (χ0) is 18.2. The molecule has 0 unspecified atom stereocenters. The number of aryl methyl sites for hydroxylation is 2. The molecule has 1 heterocycles. The van der Waals surface area contributed by atoms with Crippen molar-refractivity contribution < 1.29 is 13.3 Å². The number of sulfonamides is 1. The summed E-state index contributed by atoms with van der Waals surface area (Å²) in [5.74, 6) is 0. The highest BCUT2D eigenvalue weighted by atomic mass is 32.2. The first kappa shape index (κ1) is 16.8. The summed E-state index contributed by atoms with van der Waals surface area (Å²) in [6.07, 6.45) is 1.42. The smallest absolute Gasteiger partial charge is 0.279 e. The molecule has 0 aliphatic heterocycles. The van der Waals surface area contributed by atoms with Gasteiger partial charge in [0.05, 0.1) is 15.5 Å². The second kappa shape index (κ2) is 6.14. The average Bonchev–Trinajstić information content (AvgIpc) is 2.57. The van der Waals surface area contributed by atoms with Gasteiger partial charge in [0.25, 0.3) is 15.7 Å². The van der Waals surface area contributed by atoms with E-state index in [4.69, 9.17) is 0 Å². The number of nitro groups is 1. The molecule has 0 atom stereocenters. The van der Waals surface area contributed by atoms with E-state index in [0.29, 0.717) is 10.9 Å². The molecular weight excluding hydrogens is 342 g/mol. The van der Waals surface area contributed by atoms with Crippen molar-refractivity contribution in [1.82, 2.24) is 4.98 Å². The number of anilines is 1. The Morgan fingerprint density at radius 2 is 1.76 bits per heavy atom. The van der Waals surface area contributed by atoms with Crippen molar-refractivity contribution in [2.24, 2.45) is 0 Å². The van der Waals surface area contributed by atoms with Gasteiger partial charge in [0, 0.05) is 17.6 Å². The first-order chi connectivity index (χ1) is 11.8. The van der Waals surface area contributed by atoms with Crippen molar-refractivity contribution in [2.45, 2.75) is 18.7 Å². The summed E-state index contributed by atoms with van der Waals surface area (Å²) in [4.78, 5) is 14.9. The molecular formula is C17H15N3O4S. The number of nitrogens with one attached hydrogen (secondary N) is 1.